The van der Waals surface area contributed by atoms with Crippen molar-refractivity contribution in [3.05, 3.63) is 50.8 Å². The normalized spacial score (nSPS) is 17.8. The van der Waals surface area contributed by atoms with Crippen molar-refractivity contribution >= 4 is 15.9 Å². The van der Waals surface area contributed by atoms with Crippen molar-refractivity contribution in [2.24, 2.45) is 0 Å². The maximum Gasteiger partial charge on any atom is 0.0794 e. The molecule has 0 amide bonds. The van der Waals surface area contributed by atoms with Crippen LogP contribution >= 0.6 is 15.9 Å². The van der Waals surface area contributed by atoms with Crippen LogP contribution in [0.15, 0.2) is 22.7 Å². The summed E-state index contributed by atoms with van der Waals surface area (Å²) >= 11 is 3.71. The van der Waals surface area contributed by atoms with E-state index in [0.29, 0.717) is 6.10 Å². The van der Waals surface area contributed by atoms with Crippen molar-refractivity contribution in [2.45, 2.75) is 52.8 Å². The molecule has 1 aromatic carbocycles. The van der Waals surface area contributed by atoms with Crippen LogP contribution < -0.4 is 0 Å². The van der Waals surface area contributed by atoms with E-state index in [-0.39, 0.29) is 0 Å². The van der Waals surface area contributed by atoms with E-state index in [1.165, 1.54) is 27.6 Å². The molecular weight excluding hydrogens is 366 g/mol. The molecule has 0 radical (unpaired) electrons. The zero-order valence-electron chi connectivity index (χ0n) is 14.7. The Kier molecular flexibility index (Phi) is 5.74. The number of nitrogens with zero attached hydrogens (tertiary/aromatic N) is 2. The summed E-state index contributed by atoms with van der Waals surface area (Å²) in [5.41, 5.74) is 6.13. The summed E-state index contributed by atoms with van der Waals surface area (Å²) < 4.78 is 7.04. The first-order valence-corrected chi connectivity index (χ1v) is 9.41. The molecule has 1 N–H and O–H groups in total. The summed E-state index contributed by atoms with van der Waals surface area (Å²) in [7, 11) is 0. The van der Waals surface area contributed by atoms with Gasteiger partial charge in [0.2, 0.25) is 0 Å². The van der Waals surface area contributed by atoms with Crippen molar-refractivity contribution < 1.29 is 4.74 Å². The number of aromatic nitrogens is 2. The van der Waals surface area contributed by atoms with E-state index in [0.717, 1.165) is 44.0 Å². The molecule has 1 aromatic heterocycles. The van der Waals surface area contributed by atoms with Gasteiger partial charge in [0.15, 0.2) is 0 Å². The van der Waals surface area contributed by atoms with E-state index in [1.807, 2.05) is 0 Å². The largest absolute Gasteiger partial charge is 0.377 e. The van der Waals surface area contributed by atoms with Gasteiger partial charge in [-0.1, -0.05) is 28.1 Å². The third-order valence-corrected chi connectivity index (χ3v) is 5.55. The molecule has 5 heteroatoms. The predicted octanol–water partition coefficient (Wildman–Crippen LogP) is 4.28. The van der Waals surface area contributed by atoms with Crippen LogP contribution in [-0.4, -0.2) is 34.4 Å². The molecular formula is C19H26BrN3O. The first kappa shape index (κ1) is 17.6. The van der Waals surface area contributed by atoms with Crippen LogP contribution in [0.4, 0.5) is 0 Å². The molecule has 4 nitrogen and oxygen atoms in total. The summed E-state index contributed by atoms with van der Waals surface area (Å²) in [6, 6.07) is 6.57. The summed E-state index contributed by atoms with van der Waals surface area (Å²) in [5.74, 6) is 0. The molecule has 1 unspecified atom stereocenters. The first-order valence-electron chi connectivity index (χ1n) is 8.62. The smallest absolute Gasteiger partial charge is 0.0794 e. The van der Waals surface area contributed by atoms with Crippen LogP contribution in [-0.2, 0) is 17.8 Å². The molecule has 1 saturated heterocycles. The number of rotatable bonds is 6. The van der Waals surface area contributed by atoms with Crippen molar-refractivity contribution in [3.8, 4) is 0 Å². The Morgan fingerprint density at radius 3 is 2.75 bits per heavy atom. The molecule has 0 spiro atoms. The van der Waals surface area contributed by atoms with Crippen molar-refractivity contribution in [1.29, 1.82) is 0 Å². The van der Waals surface area contributed by atoms with Gasteiger partial charge < -0.3 is 4.74 Å². The average Bonchev–Trinajstić information content (AvgIpc) is 3.15. The fourth-order valence-corrected chi connectivity index (χ4v) is 3.80. The number of ether oxygens (including phenoxy) is 1. The lowest BCUT2D eigenvalue weighted by molar-refractivity contribution is 0.0673. The van der Waals surface area contributed by atoms with Gasteiger partial charge in [0.1, 0.15) is 0 Å². The topological polar surface area (TPSA) is 41.2 Å². The lowest BCUT2D eigenvalue weighted by Crippen LogP contribution is -2.32. The summed E-state index contributed by atoms with van der Waals surface area (Å²) in [4.78, 5) is 2.45. The van der Waals surface area contributed by atoms with Crippen LogP contribution in [0.3, 0.4) is 0 Å². The SMILES string of the molecule is Cc1ccc(CN(Cc2n[nH]c(C)c2C)CC2CCCO2)c(Br)c1. The van der Waals surface area contributed by atoms with Gasteiger partial charge in [-0.3, -0.25) is 10.00 Å². The second kappa shape index (κ2) is 7.81. The number of aromatic amines is 1. The highest BCUT2D eigenvalue weighted by atomic mass is 79.9. The Balaban J connectivity index is 1.76. The Labute approximate surface area is 152 Å². The van der Waals surface area contributed by atoms with E-state index in [1.54, 1.807) is 0 Å². The summed E-state index contributed by atoms with van der Waals surface area (Å²) in [6.07, 6.45) is 2.67. The molecule has 1 aliphatic rings. The molecule has 1 aliphatic heterocycles. The standard InChI is InChI=1S/C19H26BrN3O/c1-13-6-7-16(18(20)9-13)10-23(11-17-5-4-8-24-17)12-19-14(2)15(3)21-22-19/h6-7,9,17H,4-5,8,10-12H2,1-3H3,(H,21,22). The van der Waals surface area contributed by atoms with Crippen molar-refractivity contribution in [3.63, 3.8) is 0 Å². The van der Waals surface area contributed by atoms with Gasteiger partial charge in [-0.2, -0.15) is 5.10 Å². The van der Waals surface area contributed by atoms with Gasteiger partial charge in [0, 0.05) is 36.4 Å². The molecule has 2 aromatic rings. The second-order valence-corrected chi connectivity index (χ2v) is 7.67. The van der Waals surface area contributed by atoms with Gasteiger partial charge in [0.05, 0.1) is 11.8 Å². The fraction of sp³-hybridized carbons (Fsp3) is 0.526. The number of aryl methyl sites for hydroxylation is 2. The molecule has 1 fully saturated rings. The zero-order chi connectivity index (χ0) is 17.1. The number of benzene rings is 1. The highest BCUT2D eigenvalue weighted by Gasteiger charge is 2.21. The third-order valence-electron chi connectivity index (χ3n) is 4.82. The van der Waals surface area contributed by atoms with Crippen LogP contribution in [0.25, 0.3) is 0 Å². The highest BCUT2D eigenvalue weighted by molar-refractivity contribution is 9.10. The molecule has 1 atom stereocenters. The Hall–Kier alpha value is -1.17. The quantitative estimate of drug-likeness (QED) is 0.798. The Morgan fingerprint density at radius 2 is 2.12 bits per heavy atom. The number of hydrogen-bond donors (Lipinski definition) is 1. The van der Waals surface area contributed by atoms with Crippen LogP contribution in [0.1, 0.15) is 40.9 Å². The molecule has 0 saturated carbocycles. The van der Waals surface area contributed by atoms with Crippen molar-refractivity contribution in [2.75, 3.05) is 13.2 Å². The average molecular weight is 392 g/mol. The van der Waals surface area contributed by atoms with Gasteiger partial charge in [-0.25, -0.2) is 0 Å². The number of H-pyrrole nitrogens is 1. The predicted molar refractivity (Wildman–Crippen MR) is 100 cm³/mol. The maximum atomic E-state index is 5.86. The van der Waals surface area contributed by atoms with E-state index < -0.39 is 0 Å². The minimum atomic E-state index is 0.342. The van der Waals surface area contributed by atoms with E-state index in [2.05, 4.69) is 70.0 Å². The number of nitrogens with one attached hydrogen (secondary N) is 1. The second-order valence-electron chi connectivity index (χ2n) is 6.82. The first-order chi connectivity index (χ1) is 11.5. The van der Waals surface area contributed by atoms with E-state index >= 15 is 0 Å². The van der Waals surface area contributed by atoms with Crippen LogP contribution in [0.5, 0.6) is 0 Å². The van der Waals surface area contributed by atoms with Gasteiger partial charge >= 0.3 is 0 Å². The van der Waals surface area contributed by atoms with Gasteiger partial charge in [-0.15, -0.1) is 0 Å². The molecule has 0 aliphatic carbocycles. The zero-order valence-corrected chi connectivity index (χ0v) is 16.3. The lowest BCUT2D eigenvalue weighted by Gasteiger charge is -2.25. The van der Waals surface area contributed by atoms with E-state index in [9.17, 15) is 0 Å². The van der Waals surface area contributed by atoms with Gasteiger partial charge in [-0.05, 0) is 56.4 Å². The van der Waals surface area contributed by atoms with Crippen LogP contribution in [0, 0.1) is 20.8 Å². The Bertz CT molecular complexity index is 692. The van der Waals surface area contributed by atoms with Gasteiger partial charge in [0.25, 0.3) is 0 Å². The summed E-state index contributed by atoms with van der Waals surface area (Å²) in [5, 5.41) is 7.59. The molecule has 0 bridgehead atoms. The minimum absolute atomic E-state index is 0.342. The fourth-order valence-electron chi connectivity index (χ4n) is 3.18. The molecule has 3 rings (SSSR count). The molecule has 2 heterocycles. The minimum Gasteiger partial charge on any atom is -0.377 e. The van der Waals surface area contributed by atoms with Crippen molar-refractivity contribution in [1.82, 2.24) is 15.1 Å². The third kappa shape index (κ3) is 4.26. The van der Waals surface area contributed by atoms with Crippen LogP contribution in [0.2, 0.25) is 0 Å². The maximum absolute atomic E-state index is 5.86. The lowest BCUT2D eigenvalue weighted by atomic mass is 10.1. The molecule has 130 valence electrons. The summed E-state index contributed by atoms with van der Waals surface area (Å²) in [6.45, 7) is 9.92. The monoisotopic (exact) mass is 391 g/mol. The highest BCUT2D eigenvalue weighted by Crippen LogP contribution is 2.23. The van der Waals surface area contributed by atoms with E-state index in [4.69, 9.17) is 4.74 Å². The molecule has 24 heavy (non-hydrogen) atoms. The number of hydrogen-bond acceptors (Lipinski definition) is 3. The number of halogens is 1. The Morgan fingerprint density at radius 1 is 1.29 bits per heavy atom.